The molecule has 3 rings (SSSR count). The van der Waals surface area contributed by atoms with Crippen molar-refractivity contribution >= 4 is 29.1 Å². The SMILES string of the molecule is COCC(=O)Nc1cc(Cl)ccc1OCC(=O)N1C[C@H](C)N(Cc2ccc(F)cc2)C[C@H]1C. The van der Waals surface area contributed by atoms with Crippen LogP contribution in [0.4, 0.5) is 10.1 Å². The Morgan fingerprint density at radius 2 is 1.82 bits per heavy atom. The molecule has 1 fully saturated rings. The average Bonchev–Trinajstić information content (AvgIpc) is 2.77. The standard InChI is InChI=1S/C24H29ClFN3O4/c1-16-12-29(17(2)11-28(16)13-18-4-7-20(26)8-5-18)24(31)15-33-22-9-6-19(25)10-21(22)27-23(30)14-32-3/h4-10,16-17H,11-15H2,1-3H3,(H,27,30)/t16-,17+/m0/s1. The van der Waals surface area contributed by atoms with Gasteiger partial charge >= 0.3 is 0 Å². The van der Waals surface area contributed by atoms with Crippen molar-refractivity contribution in [3.63, 3.8) is 0 Å². The molecule has 1 N–H and O–H groups in total. The van der Waals surface area contributed by atoms with Crippen LogP contribution in [0, 0.1) is 5.82 Å². The van der Waals surface area contributed by atoms with E-state index in [-0.39, 0.29) is 42.9 Å². The first-order valence-electron chi connectivity index (χ1n) is 10.8. The maximum Gasteiger partial charge on any atom is 0.260 e. The number of carbonyl (C=O) groups is 2. The minimum atomic E-state index is -0.351. The summed E-state index contributed by atoms with van der Waals surface area (Å²) in [5.74, 6) is -0.388. The van der Waals surface area contributed by atoms with Gasteiger partial charge in [0.05, 0.1) is 5.69 Å². The van der Waals surface area contributed by atoms with Gasteiger partial charge < -0.3 is 19.7 Å². The highest BCUT2D eigenvalue weighted by Gasteiger charge is 2.32. The summed E-state index contributed by atoms with van der Waals surface area (Å²) in [5.41, 5.74) is 1.41. The van der Waals surface area contributed by atoms with E-state index in [1.54, 1.807) is 30.3 Å². The number of halogens is 2. The summed E-state index contributed by atoms with van der Waals surface area (Å²) in [5, 5.41) is 3.11. The van der Waals surface area contributed by atoms with Crippen molar-refractivity contribution in [1.82, 2.24) is 9.80 Å². The molecule has 9 heteroatoms. The lowest BCUT2D eigenvalue weighted by molar-refractivity contribution is -0.139. The molecule has 0 aromatic heterocycles. The van der Waals surface area contributed by atoms with Crippen LogP contribution in [0.15, 0.2) is 42.5 Å². The fourth-order valence-electron chi connectivity index (χ4n) is 3.86. The third-order valence-electron chi connectivity index (χ3n) is 5.58. The second-order valence-corrected chi connectivity index (χ2v) is 8.65. The van der Waals surface area contributed by atoms with Crippen LogP contribution >= 0.6 is 11.6 Å². The van der Waals surface area contributed by atoms with Crippen molar-refractivity contribution in [3.8, 4) is 5.75 Å². The number of amides is 2. The van der Waals surface area contributed by atoms with Gasteiger partial charge in [-0.05, 0) is 49.7 Å². The van der Waals surface area contributed by atoms with E-state index in [1.165, 1.54) is 19.2 Å². The second-order valence-electron chi connectivity index (χ2n) is 8.21. The molecule has 178 valence electrons. The van der Waals surface area contributed by atoms with E-state index >= 15 is 0 Å². The summed E-state index contributed by atoms with van der Waals surface area (Å²) in [4.78, 5) is 28.9. The topological polar surface area (TPSA) is 71.1 Å². The zero-order valence-corrected chi connectivity index (χ0v) is 19.8. The van der Waals surface area contributed by atoms with Gasteiger partial charge in [-0.15, -0.1) is 0 Å². The first-order chi connectivity index (χ1) is 15.8. The van der Waals surface area contributed by atoms with E-state index in [9.17, 15) is 14.0 Å². The van der Waals surface area contributed by atoms with Gasteiger partial charge in [0, 0.05) is 43.9 Å². The van der Waals surface area contributed by atoms with Gasteiger partial charge in [0.25, 0.3) is 5.91 Å². The molecule has 0 spiro atoms. The summed E-state index contributed by atoms with van der Waals surface area (Å²) >= 11 is 6.04. The first-order valence-corrected chi connectivity index (χ1v) is 11.1. The van der Waals surface area contributed by atoms with E-state index in [0.29, 0.717) is 36.1 Å². The Morgan fingerprint density at radius 1 is 1.09 bits per heavy atom. The van der Waals surface area contributed by atoms with Crippen molar-refractivity contribution in [2.75, 3.05) is 38.7 Å². The number of anilines is 1. The van der Waals surface area contributed by atoms with Crippen molar-refractivity contribution < 1.29 is 23.5 Å². The summed E-state index contributed by atoms with van der Waals surface area (Å²) < 4.78 is 23.8. The first kappa shape index (κ1) is 25.0. The molecular formula is C24H29ClFN3O4. The van der Waals surface area contributed by atoms with Crippen molar-refractivity contribution in [2.24, 2.45) is 0 Å². The molecule has 33 heavy (non-hydrogen) atoms. The Balaban J connectivity index is 1.59. The van der Waals surface area contributed by atoms with Crippen LogP contribution in [-0.2, 0) is 20.9 Å². The minimum absolute atomic E-state index is 0.0103. The molecular weight excluding hydrogens is 449 g/mol. The molecule has 1 heterocycles. The molecule has 1 aliphatic heterocycles. The van der Waals surface area contributed by atoms with Gasteiger partial charge in [-0.3, -0.25) is 14.5 Å². The Kier molecular flexibility index (Phi) is 8.66. The predicted octanol–water partition coefficient (Wildman–Crippen LogP) is 3.56. The maximum atomic E-state index is 13.2. The number of methoxy groups -OCH3 is 1. The number of hydrogen-bond acceptors (Lipinski definition) is 5. The summed E-state index contributed by atoms with van der Waals surface area (Å²) in [6.07, 6.45) is 0. The van der Waals surface area contributed by atoms with Gasteiger partial charge in [0.2, 0.25) is 5.91 Å². The van der Waals surface area contributed by atoms with Crippen LogP contribution in [0.3, 0.4) is 0 Å². The van der Waals surface area contributed by atoms with E-state index < -0.39 is 0 Å². The van der Waals surface area contributed by atoms with Gasteiger partial charge in [0.15, 0.2) is 6.61 Å². The normalized spacial score (nSPS) is 18.8. The van der Waals surface area contributed by atoms with Crippen LogP contribution < -0.4 is 10.1 Å². The highest BCUT2D eigenvalue weighted by Crippen LogP contribution is 2.28. The lowest BCUT2D eigenvalue weighted by Gasteiger charge is -2.44. The van der Waals surface area contributed by atoms with Crippen molar-refractivity contribution in [1.29, 1.82) is 0 Å². The summed E-state index contributed by atoms with van der Waals surface area (Å²) in [6, 6.07) is 11.4. The summed E-state index contributed by atoms with van der Waals surface area (Å²) in [7, 11) is 1.43. The molecule has 2 aromatic rings. The molecule has 1 aliphatic rings. The third-order valence-corrected chi connectivity index (χ3v) is 5.81. The van der Waals surface area contributed by atoms with E-state index in [4.69, 9.17) is 21.1 Å². The van der Waals surface area contributed by atoms with Crippen LogP contribution in [-0.4, -0.2) is 67.1 Å². The lowest BCUT2D eigenvalue weighted by atomic mass is 10.1. The Hall–Kier alpha value is -2.68. The number of ether oxygens (including phenoxy) is 2. The van der Waals surface area contributed by atoms with Crippen LogP contribution in [0.2, 0.25) is 5.02 Å². The zero-order chi connectivity index (χ0) is 24.0. The van der Waals surface area contributed by atoms with Crippen LogP contribution in [0.1, 0.15) is 19.4 Å². The number of carbonyl (C=O) groups excluding carboxylic acids is 2. The number of benzene rings is 2. The van der Waals surface area contributed by atoms with Crippen LogP contribution in [0.25, 0.3) is 0 Å². The molecule has 0 unspecified atom stereocenters. The molecule has 1 saturated heterocycles. The van der Waals surface area contributed by atoms with E-state index in [1.807, 2.05) is 11.8 Å². The van der Waals surface area contributed by atoms with E-state index in [2.05, 4.69) is 17.1 Å². The fraction of sp³-hybridized carbons (Fsp3) is 0.417. The maximum absolute atomic E-state index is 13.2. The molecule has 0 bridgehead atoms. The van der Waals surface area contributed by atoms with Crippen molar-refractivity contribution in [3.05, 3.63) is 58.9 Å². The smallest absolute Gasteiger partial charge is 0.260 e. The predicted molar refractivity (Wildman–Crippen MR) is 125 cm³/mol. The van der Waals surface area contributed by atoms with Crippen LogP contribution in [0.5, 0.6) is 5.75 Å². The fourth-order valence-corrected chi connectivity index (χ4v) is 4.03. The molecule has 2 aromatic carbocycles. The quantitative estimate of drug-likeness (QED) is 0.629. The lowest BCUT2D eigenvalue weighted by Crippen LogP contribution is -2.58. The van der Waals surface area contributed by atoms with Gasteiger partial charge in [-0.25, -0.2) is 4.39 Å². The molecule has 0 radical (unpaired) electrons. The second kappa shape index (κ2) is 11.4. The van der Waals surface area contributed by atoms with Gasteiger partial charge in [0.1, 0.15) is 18.2 Å². The number of hydrogen-bond donors (Lipinski definition) is 1. The van der Waals surface area contributed by atoms with Crippen molar-refractivity contribution in [2.45, 2.75) is 32.5 Å². The van der Waals surface area contributed by atoms with Gasteiger partial charge in [-0.1, -0.05) is 23.7 Å². The molecule has 7 nitrogen and oxygen atoms in total. The largest absolute Gasteiger partial charge is 0.482 e. The number of piperazine rings is 1. The highest BCUT2D eigenvalue weighted by atomic mass is 35.5. The minimum Gasteiger partial charge on any atom is -0.482 e. The number of rotatable bonds is 8. The zero-order valence-electron chi connectivity index (χ0n) is 19.0. The monoisotopic (exact) mass is 477 g/mol. The molecule has 0 aliphatic carbocycles. The summed E-state index contributed by atoms with van der Waals surface area (Å²) in [6.45, 7) is 5.75. The Morgan fingerprint density at radius 3 is 2.52 bits per heavy atom. The Labute approximate surface area is 198 Å². The molecule has 2 atom stereocenters. The molecule has 2 amide bonds. The average molecular weight is 478 g/mol. The van der Waals surface area contributed by atoms with E-state index in [0.717, 1.165) is 5.56 Å². The third kappa shape index (κ3) is 6.90. The highest BCUT2D eigenvalue weighted by molar-refractivity contribution is 6.31. The molecule has 0 saturated carbocycles. The Bertz CT molecular complexity index is 973. The number of nitrogens with zero attached hydrogens (tertiary/aromatic N) is 2. The number of nitrogens with one attached hydrogen (secondary N) is 1. The van der Waals surface area contributed by atoms with Gasteiger partial charge in [-0.2, -0.15) is 0 Å².